The molecule has 0 atom stereocenters. The summed E-state index contributed by atoms with van der Waals surface area (Å²) >= 11 is 0. The number of nitrogens with one attached hydrogen (secondary N) is 1. The van der Waals surface area contributed by atoms with Gasteiger partial charge in [0.05, 0.1) is 5.57 Å². The van der Waals surface area contributed by atoms with E-state index in [0.29, 0.717) is 18.7 Å². The molecule has 1 N–H and O–H groups in total. The Morgan fingerprint density at radius 2 is 2.05 bits per heavy atom. The summed E-state index contributed by atoms with van der Waals surface area (Å²) in [5.41, 5.74) is 1.66. The van der Waals surface area contributed by atoms with Gasteiger partial charge in [0.2, 0.25) is 0 Å². The van der Waals surface area contributed by atoms with Crippen LogP contribution in [0.1, 0.15) is 25.8 Å². The van der Waals surface area contributed by atoms with Crippen LogP contribution in [-0.2, 0) is 4.79 Å². The zero-order valence-corrected chi connectivity index (χ0v) is 12.9. The van der Waals surface area contributed by atoms with Gasteiger partial charge in [0.15, 0.2) is 0 Å². The Morgan fingerprint density at radius 3 is 2.81 bits per heavy atom. The number of nitrogens with zero attached hydrogens (tertiary/aromatic N) is 1. The van der Waals surface area contributed by atoms with Crippen molar-refractivity contribution in [2.45, 2.75) is 20.3 Å². The van der Waals surface area contributed by atoms with Crippen molar-refractivity contribution in [1.82, 2.24) is 10.2 Å². The van der Waals surface area contributed by atoms with E-state index < -0.39 is 0 Å². The van der Waals surface area contributed by atoms with Gasteiger partial charge in [0.1, 0.15) is 12.4 Å². The van der Waals surface area contributed by atoms with Crippen LogP contribution in [0.25, 0.3) is 6.08 Å². The Bertz CT molecular complexity index is 507. The lowest BCUT2D eigenvalue weighted by molar-refractivity contribution is -0.117. The first-order valence-electron chi connectivity index (χ1n) is 7.67. The van der Waals surface area contributed by atoms with Gasteiger partial charge in [-0.25, -0.2) is 0 Å². The number of carbonyl (C=O) groups is 1. The Morgan fingerprint density at radius 1 is 1.29 bits per heavy atom. The second kappa shape index (κ2) is 7.84. The van der Waals surface area contributed by atoms with Crippen molar-refractivity contribution >= 4 is 12.0 Å². The minimum atomic E-state index is -0.0240. The van der Waals surface area contributed by atoms with E-state index in [1.54, 1.807) is 0 Å². The van der Waals surface area contributed by atoms with Crippen LogP contribution >= 0.6 is 0 Å². The van der Waals surface area contributed by atoms with E-state index in [9.17, 15) is 4.79 Å². The number of ether oxygens (including phenoxy) is 1. The minimum Gasteiger partial charge on any atom is -0.488 e. The molecule has 1 aromatic carbocycles. The molecule has 1 heterocycles. The lowest BCUT2D eigenvalue weighted by Gasteiger charge is -2.19. The summed E-state index contributed by atoms with van der Waals surface area (Å²) in [6.07, 6.45) is 2.89. The molecule has 0 aromatic heterocycles. The van der Waals surface area contributed by atoms with E-state index in [2.05, 4.69) is 24.1 Å². The predicted molar refractivity (Wildman–Crippen MR) is 85.3 cm³/mol. The van der Waals surface area contributed by atoms with Gasteiger partial charge in [0.25, 0.3) is 5.91 Å². The van der Waals surface area contributed by atoms with Crippen molar-refractivity contribution in [1.29, 1.82) is 0 Å². The number of carbonyl (C=O) groups excluding carboxylic acids is 1. The molecule has 4 heteroatoms. The summed E-state index contributed by atoms with van der Waals surface area (Å²) in [6.45, 7) is 8.49. The molecule has 0 bridgehead atoms. The van der Waals surface area contributed by atoms with E-state index in [1.807, 2.05) is 30.3 Å². The third kappa shape index (κ3) is 4.33. The fourth-order valence-electron chi connectivity index (χ4n) is 2.41. The number of benzene rings is 1. The third-order valence-electron chi connectivity index (χ3n) is 3.75. The monoisotopic (exact) mass is 288 g/mol. The van der Waals surface area contributed by atoms with Gasteiger partial charge in [-0.3, -0.25) is 4.79 Å². The lowest BCUT2D eigenvalue weighted by atomic mass is 10.1. The molecule has 1 amide bonds. The zero-order chi connectivity index (χ0) is 15.1. The smallest absolute Gasteiger partial charge is 0.250 e. The first-order valence-corrected chi connectivity index (χ1v) is 7.67. The first-order chi connectivity index (χ1) is 10.2. The SMILES string of the molecule is CCN(CC)CCCNC(=O)C1=Cc2ccccc2OC1. The summed E-state index contributed by atoms with van der Waals surface area (Å²) in [4.78, 5) is 14.5. The number of amides is 1. The van der Waals surface area contributed by atoms with Crippen molar-refractivity contribution in [3.05, 3.63) is 35.4 Å². The van der Waals surface area contributed by atoms with Gasteiger partial charge >= 0.3 is 0 Å². The maximum atomic E-state index is 12.1. The average molecular weight is 288 g/mol. The summed E-state index contributed by atoms with van der Waals surface area (Å²) in [7, 11) is 0. The second-order valence-electron chi connectivity index (χ2n) is 5.13. The highest BCUT2D eigenvalue weighted by atomic mass is 16.5. The van der Waals surface area contributed by atoms with Gasteiger partial charge in [-0.05, 0) is 38.2 Å². The van der Waals surface area contributed by atoms with Crippen LogP contribution in [0, 0.1) is 0 Å². The van der Waals surface area contributed by atoms with Gasteiger partial charge in [-0.15, -0.1) is 0 Å². The van der Waals surface area contributed by atoms with Crippen LogP contribution in [0.4, 0.5) is 0 Å². The van der Waals surface area contributed by atoms with Crippen molar-refractivity contribution in [3.63, 3.8) is 0 Å². The van der Waals surface area contributed by atoms with Gasteiger partial charge in [-0.1, -0.05) is 32.0 Å². The molecule has 0 aliphatic carbocycles. The number of para-hydroxylation sites is 1. The third-order valence-corrected chi connectivity index (χ3v) is 3.75. The maximum absolute atomic E-state index is 12.1. The van der Waals surface area contributed by atoms with E-state index in [1.165, 1.54) is 0 Å². The second-order valence-corrected chi connectivity index (χ2v) is 5.13. The van der Waals surface area contributed by atoms with Crippen LogP contribution in [0.5, 0.6) is 5.75 Å². The maximum Gasteiger partial charge on any atom is 0.250 e. The molecule has 2 rings (SSSR count). The predicted octanol–water partition coefficient (Wildman–Crippen LogP) is 2.31. The van der Waals surface area contributed by atoms with Crippen LogP contribution in [0.15, 0.2) is 29.8 Å². The molecule has 1 aliphatic rings. The minimum absolute atomic E-state index is 0.0240. The topological polar surface area (TPSA) is 41.6 Å². The molecule has 0 saturated carbocycles. The number of fused-ring (bicyclic) bond motifs is 1. The standard InChI is InChI=1S/C17H24N2O2/c1-3-19(4-2)11-7-10-18-17(20)15-12-14-8-5-6-9-16(14)21-13-15/h5-6,8-9,12H,3-4,7,10-11,13H2,1-2H3,(H,18,20). The van der Waals surface area contributed by atoms with E-state index in [4.69, 9.17) is 4.74 Å². The van der Waals surface area contributed by atoms with E-state index >= 15 is 0 Å². The quantitative estimate of drug-likeness (QED) is 0.783. The Hall–Kier alpha value is -1.81. The molecular formula is C17H24N2O2. The van der Waals surface area contributed by atoms with E-state index in [-0.39, 0.29) is 5.91 Å². The lowest BCUT2D eigenvalue weighted by Crippen LogP contribution is -2.32. The summed E-state index contributed by atoms with van der Waals surface area (Å²) in [5, 5.41) is 2.97. The Balaban J connectivity index is 1.81. The fraction of sp³-hybridized carbons (Fsp3) is 0.471. The van der Waals surface area contributed by atoms with Gasteiger partial charge < -0.3 is 15.0 Å². The summed E-state index contributed by atoms with van der Waals surface area (Å²) < 4.78 is 5.60. The molecule has 1 aromatic rings. The van der Waals surface area contributed by atoms with Crippen LogP contribution in [0.3, 0.4) is 0 Å². The summed E-state index contributed by atoms with van der Waals surface area (Å²) in [6, 6.07) is 7.77. The molecule has 114 valence electrons. The molecule has 0 fully saturated rings. The Kier molecular flexibility index (Phi) is 5.81. The van der Waals surface area contributed by atoms with Crippen LogP contribution in [-0.4, -0.2) is 43.6 Å². The number of hydrogen-bond donors (Lipinski definition) is 1. The highest BCUT2D eigenvalue weighted by molar-refractivity contribution is 5.99. The number of rotatable bonds is 7. The number of hydrogen-bond acceptors (Lipinski definition) is 3. The normalized spacial score (nSPS) is 13.4. The van der Waals surface area contributed by atoms with Crippen molar-refractivity contribution in [2.75, 3.05) is 32.8 Å². The van der Waals surface area contributed by atoms with Gasteiger partial charge in [0, 0.05) is 12.1 Å². The molecule has 0 spiro atoms. The van der Waals surface area contributed by atoms with Crippen molar-refractivity contribution in [3.8, 4) is 5.75 Å². The van der Waals surface area contributed by atoms with Crippen LogP contribution in [0.2, 0.25) is 0 Å². The molecular weight excluding hydrogens is 264 g/mol. The molecule has 1 aliphatic heterocycles. The molecule has 0 unspecified atom stereocenters. The average Bonchev–Trinajstić information content (AvgIpc) is 2.54. The largest absolute Gasteiger partial charge is 0.488 e. The molecule has 4 nitrogen and oxygen atoms in total. The first kappa shape index (κ1) is 15.6. The van der Waals surface area contributed by atoms with Crippen molar-refractivity contribution in [2.24, 2.45) is 0 Å². The highest BCUT2D eigenvalue weighted by Gasteiger charge is 2.16. The summed E-state index contributed by atoms with van der Waals surface area (Å²) in [5.74, 6) is 0.819. The highest BCUT2D eigenvalue weighted by Crippen LogP contribution is 2.25. The molecule has 21 heavy (non-hydrogen) atoms. The molecule has 0 saturated heterocycles. The molecule has 0 radical (unpaired) electrons. The van der Waals surface area contributed by atoms with Gasteiger partial charge in [-0.2, -0.15) is 0 Å². The zero-order valence-electron chi connectivity index (χ0n) is 12.9. The Labute approximate surface area is 126 Å². The fourth-order valence-corrected chi connectivity index (χ4v) is 2.41. The van der Waals surface area contributed by atoms with E-state index in [0.717, 1.165) is 37.4 Å². The van der Waals surface area contributed by atoms with Crippen LogP contribution < -0.4 is 10.1 Å². The van der Waals surface area contributed by atoms with Crippen molar-refractivity contribution < 1.29 is 9.53 Å².